The maximum atomic E-state index is 11.9. The molecule has 0 radical (unpaired) electrons. The van der Waals surface area contributed by atoms with E-state index in [4.69, 9.17) is 4.74 Å². The molecule has 2 aliphatic rings. The Morgan fingerprint density at radius 3 is 2.65 bits per heavy atom. The first-order chi connectivity index (χ1) is 9.61. The standard InChI is InChI=1S/C15H20O5/c1-2-19-14(17)8-11(16)9-20-15(18)13-5-3-4-10-6-7-12(10)13/h5,10,12H,2-4,6-9H2,1H3. The third-order valence-corrected chi connectivity index (χ3v) is 3.97. The number of hydrogen-bond donors (Lipinski definition) is 0. The molecule has 0 aromatic rings. The van der Waals surface area contributed by atoms with Crippen LogP contribution in [-0.2, 0) is 23.9 Å². The lowest BCUT2D eigenvalue weighted by Gasteiger charge is -2.40. The number of carbonyl (C=O) groups excluding carboxylic acids is 3. The molecular weight excluding hydrogens is 260 g/mol. The van der Waals surface area contributed by atoms with Crippen LogP contribution in [0.5, 0.6) is 0 Å². The van der Waals surface area contributed by atoms with Crippen molar-refractivity contribution in [1.29, 1.82) is 0 Å². The fourth-order valence-corrected chi connectivity index (χ4v) is 2.82. The van der Waals surface area contributed by atoms with E-state index < -0.39 is 17.7 Å². The number of Topliss-reactive ketones (excluding diaryl/α,β-unsaturated/α-hetero) is 1. The normalized spacial score (nSPS) is 23.9. The number of ketones is 1. The van der Waals surface area contributed by atoms with Gasteiger partial charge in [-0.25, -0.2) is 4.79 Å². The molecule has 5 heteroatoms. The molecule has 20 heavy (non-hydrogen) atoms. The number of hydrogen-bond acceptors (Lipinski definition) is 5. The molecule has 5 nitrogen and oxygen atoms in total. The molecule has 2 rings (SSSR count). The topological polar surface area (TPSA) is 69.7 Å². The average Bonchev–Trinajstić information content (AvgIpc) is 2.37. The Kier molecular flexibility index (Phi) is 4.93. The second-order valence-corrected chi connectivity index (χ2v) is 5.28. The van der Waals surface area contributed by atoms with E-state index in [0.717, 1.165) is 24.8 Å². The van der Waals surface area contributed by atoms with Crippen LogP contribution in [0.4, 0.5) is 0 Å². The fraction of sp³-hybridized carbons (Fsp3) is 0.667. The van der Waals surface area contributed by atoms with Crippen LogP contribution in [0.2, 0.25) is 0 Å². The van der Waals surface area contributed by atoms with Crippen LogP contribution < -0.4 is 0 Å². The predicted octanol–water partition coefficient (Wildman–Crippen LogP) is 1.80. The van der Waals surface area contributed by atoms with Gasteiger partial charge in [0, 0.05) is 5.57 Å². The van der Waals surface area contributed by atoms with E-state index in [1.807, 2.05) is 6.08 Å². The minimum atomic E-state index is -0.579. The minimum Gasteiger partial charge on any atom is -0.466 e. The van der Waals surface area contributed by atoms with Crippen LogP contribution in [-0.4, -0.2) is 30.9 Å². The second kappa shape index (κ2) is 6.68. The summed E-state index contributed by atoms with van der Waals surface area (Å²) in [6.07, 6.45) is 5.84. The number of fused-ring (bicyclic) bond motifs is 1. The summed E-state index contributed by atoms with van der Waals surface area (Å²) < 4.78 is 9.67. The molecule has 0 heterocycles. The summed E-state index contributed by atoms with van der Waals surface area (Å²) in [5.41, 5.74) is 0.719. The molecule has 0 aromatic carbocycles. The number of allylic oxidation sites excluding steroid dienone is 1. The van der Waals surface area contributed by atoms with Gasteiger partial charge >= 0.3 is 11.9 Å². The zero-order chi connectivity index (χ0) is 14.5. The van der Waals surface area contributed by atoms with E-state index in [0.29, 0.717) is 11.8 Å². The molecular formula is C15H20O5. The van der Waals surface area contributed by atoms with Gasteiger partial charge in [-0.3, -0.25) is 9.59 Å². The molecule has 0 amide bonds. The van der Waals surface area contributed by atoms with Crippen LogP contribution in [0.1, 0.15) is 39.0 Å². The number of esters is 2. The highest BCUT2D eigenvalue weighted by Crippen LogP contribution is 2.45. The van der Waals surface area contributed by atoms with E-state index in [9.17, 15) is 14.4 Å². The summed E-state index contributed by atoms with van der Waals surface area (Å²) >= 11 is 0. The second-order valence-electron chi connectivity index (χ2n) is 5.28. The van der Waals surface area contributed by atoms with Crippen LogP contribution in [0.15, 0.2) is 11.6 Å². The first kappa shape index (κ1) is 14.8. The van der Waals surface area contributed by atoms with Gasteiger partial charge in [0.15, 0.2) is 12.4 Å². The first-order valence-corrected chi connectivity index (χ1v) is 7.16. The van der Waals surface area contributed by atoms with Gasteiger partial charge in [0.25, 0.3) is 0 Å². The van der Waals surface area contributed by atoms with Crippen LogP contribution in [0, 0.1) is 11.8 Å². The van der Waals surface area contributed by atoms with Gasteiger partial charge in [-0.05, 0) is 44.4 Å². The van der Waals surface area contributed by atoms with Gasteiger partial charge in [0.1, 0.15) is 6.42 Å². The van der Waals surface area contributed by atoms with Crippen LogP contribution >= 0.6 is 0 Å². The van der Waals surface area contributed by atoms with Gasteiger partial charge in [0.05, 0.1) is 6.61 Å². The molecule has 0 N–H and O–H groups in total. The van der Waals surface area contributed by atoms with Gasteiger partial charge in [0.2, 0.25) is 0 Å². The molecule has 0 aliphatic heterocycles. The Morgan fingerprint density at radius 1 is 1.20 bits per heavy atom. The van der Waals surface area contributed by atoms with Crippen molar-refractivity contribution in [3.8, 4) is 0 Å². The molecule has 0 saturated heterocycles. The minimum absolute atomic E-state index is 0.238. The van der Waals surface area contributed by atoms with Crippen LogP contribution in [0.25, 0.3) is 0 Å². The van der Waals surface area contributed by atoms with Gasteiger partial charge in [-0.15, -0.1) is 0 Å². The SMILES string of the molecule is CCOC(=O)CC(=O)COC(=O)C1=CCCC2CCC12. The molecule has 110 valence electrons. The van der Waals surface area contributed by atoms with E-state index in [2.05, 4.69) is 4.74 Å². The number of rotatable bonds is 6. The number of ether oxygens (including phenoxy) is 2. The quantitative estimate of drug-likeness (QED) is 0.548. The van der Waals surface area contributed by atoms with Crippen molar-refractivity contribution in [3.05, 3.63) is 11.6 Å². The number of carbonyl (C=O) groups is 3. The molecule has 0 aromatic heterocycles. The summed E-state index contributed by atoms with van der Waals surface area (Å²) in [4.78, 5) is 34.5. The first-order valence-electron chi connectivity index (χ1n) is 7.16. The summed E-state index contributed by atoms with van der Waals surface area (Å²) in [6, 6.07) is 0. The molecule has 2 unspecified atom stereocenters. The summed E-state index contributed by atoms with van der Waals surface area (Å²) in [7, 11) is 0. The van der Waals surface area contributed by atoms with Crippen molar-refractivity contribution >= 4 is 17.7 Å². The largest absolute Gasteiger partial charge is 0.466 e. The Bertz CT molecular complexity index is 438. The Balaban J connectivity index is 1.76. The predicted molar refractivity (Wildman–Crippen MR) is 70.7 cm³/mol. The molecule has 2 aliphatic carbocycles. The smallest absolute Gasteiger partial charge is 0.334 e. The monoisotopic (exact) mass is 280 g/mol. The molecule has 2 atom stereocenters. The van der Waals surface area contributed by atoms with Gasteiger partial charge in [-0.2, -0.15) is 0 Å². The average molecular weight is 280 g/mol. The molecule has 1 fully saturated rings. The Labute approximate surface area is 118 Å². The lowest BCUT2D eigenvalue weighted by molar-refractivity contribution is -0.150. The molecule has 1 saturated carbocycles. The Hall–Kier alpha value is -1.65. The van der Waals surface area contributed by atoms with Crippen molar-refractivity contribution in [2.24, 2.45) is 11.8 Å². The van der Waals surface area contributed by atoms with E-state index >= 15 is 0 Å². The maximum Gasteiger partial charge on any atom is 0.334 e. The highest BCUT2D eigenvalue weighted by Gasteiger charge is 2.38. The fourth-order valence-electron chi connectivity index (χ4n) is 2.82. The highest BCUT2D eigenvalue weighted by molar-refractivity contribution is 5.98. The lowest BCUT2D eigenvalue weighted by Crippen LogP contribution is -2.34. The van der Waals surface area contributed by atoms with Crippen molar-refractivity contribution in [1.82, 2.24) is 0 Å². The van der Waals surface area contributed by atoms with Gasteiger partial charge in [-0.1, -0.05) is 6.08 Å². The summed E-state index contributed by atoms with van der Waals surface area (Å²) in [5.74, 6) is -0.492. The van der Waals surface area contributed by atoms with E-state index in [1.54, 1.807) is 6.92 Å². The summed E-state index contributed by atoms with van der Waals surface area (Å²) in [6.45, 7) is 1.56. The van der Waals surface area contributed by atoms with Crippen molar-refractivity contribution < 1.29 is 23.9 Å². The third kappa shape index (κ3) is 3.46. The maximum absolute atomic E-state index is 11.9. The summed E-state index contributed by atoms with van der Waals surface area (Å²) in [5, 5.41) is 0. The lowest BCUT2D eigenvalue weighted by atomic mass is 9.65. The molecule has 0 bridgehead atoms. The highest BCUT2D eigenvalue weighted by atomic mass is 16.5. The van der Waals surface area contributed by atoms with Gasteiger partial charge < -0.3 is 9.47 Å². The zero-order valence-corrected chi connectivity index (χ0v) is 11.7. The van der Waals surface area contributed by atoms with Crippen LogP contribution in [0.3, 0.4) is 0 Å². The van der Waals surface area contributed by atoms with E-state index in [1.165, 1.54) is 6.42 Å². The van der Waals surface area contributed by atoms with Crippen molar-refractivity contribution in [3.63, 3.8) is 0 Å². The molecule has 0 spiro atoms. The Morgan fingerprint density at radius 2 is 2.00 bits per heavy atom. The third-order valence-electron chi connectivity index (χ3n) is 3.97. The van der Waals surface area contributed by atoms with E-state index in [-0.39, 0.29) is 19.6 Å². The van der Waals surface area contributed by atoms with Crippen molar-refractivity contribution in [2.75, 3.05) is 13.2 Å². The van der Waals surface area contributed by atoms with Crippen molar-refractivity contribution in [2.45, 2.75) is 39.0 Å². The zero-order valence-electron chi connectivity index (χ0n) is 11.7.